The average Bonchev–Trinajstić information content (AvgIpc) is 2.15. The zero-order valence-electron chi connectivity index (χ0n) is 4.25. The van der Waals surface area contributed by atoms with Crippen LogP contribution in [0.3, 0.4) is 0 Å². The molecule has 0 N–H and O–H groups in total. The molecular formula is C4H3Cl2NOS. The molecule has 50 valence electrons. The van der Waals surface area contributed by atoms with Gasteiger partial charge in [0, 0.05) is 0 Å². The summed E-state index contributed by atoms with van der Waals surface area (Å²) in [5.41, 5.74) is 1.64. The number of hydrogen-bond donors (Lipinski definition) is 0. The Kier molecular flexibility index (Phi) is 2.57. The SMILES string of the molecule is ClC(Cl)Oc1cscn1. The number of halogens is 2. The number of hydrogen-bond acceptors (Lipinski definition) is 3. The molecule has 9 heavy (non-hydrogen) atoms. The van der Waals surface area contributed by atoms with Gasteiger partial charge in [0.25, 0.3) is 0 Å². The topological polar surface area (TPSA) is 22.1 Å². The van der Waals surface area contributed by atoms with Crippen molar-refractivity contribution in [3.05, 3.63) is 10.9 Å². The van der Waals surface area contributed by atoms with Crippen LogP contribution in [-0.4, -0.2) is 10.0 Å². The summed E-state index contributed by atoms with van der Waals surface area (Å²) in [6, 6.07) is 0. The fourth-order valence-corrected chi connectivity index (χ4v) is 0.992. The summed E-state index contributed by atoms with van der Waals surface area (Å²) in [7, 11) is 0. The van der Waals surface area contributed by atoms with Crippen LogP contribution < -0.4 is 4.74 Å². The normalized spacial score (nSPS) is 10.1. The molecule has 1 aromatic rings. The molecule has 0 radical (unpaired) electrons. The van der Waals surface area contributed by atoms with Gasteiger partial charge in [-0.1, -0.05) is 23.2 Å². The summed E-state index contributed by atoms with van der Waals surface area (Å²) < 4.78 is 4.78. The lowest BCUT2D eigenvalue weighted by atomic mass is 10.9. The lowest BCUT2D eigenvalue weighted by Crippen LogP contribution is -1.98. The molecule has 0 saturated heterocycles. The zero-order valence-corrected chi connectivity index (χ0v) is 6.58. The Balaban J connectivity index is 2.48. The van der Waals surface area contributed by atoms with E-state index in [1.807, 2.05) is 0 Å². The summed E-state index contributed by atoms with van der Waals surface area (Å²) in [6.45, 7) is 0. The van der Waals surface area contributed by atoms with Gasteiger partial charge in [0.05, 0.1) is 10.9 Å². The Morgan fingerprint density at radius 1 is 1.67 bits per heavy atom. The van der Waals surface area contributed by atoms with Gasteiger partial charge in [-0.15, -0.1) is 11.3 Å². The quantitative estimate of drug-likeness (QED) is 0.657. The van der Waals surface area contributed by atoms with Crippen molar-refractivity contribution >= 4 is 34.5 Å². The maximum atomic E-state index is 5.28. The van der Waals surface area contributed by atoms with Crippen molar-refractivity contribution < 1.29 is 4.74 Å². The maximum absolute atomic E-state index is 5.28. The molecule has 0 saturated carbocycles. The molecule has 0 bridgehead atoms. The van der Waals surface area contributed by atoms with E-state index in [2.05, 4.69) is 4.98 Å². The van der Waals surface area contributed by atoms with E-state index in [1.54, 1.807) is 10.9 Å². The molecule has 2 nitrogen and oxygen atoms in total. The van der Waals surface area contributed by atoms with Crippen molar-refractivity contribution in [1.82, 2.24) is 4.98 Å². The van der Waals surface area contributed by atoms with E-state index >= 15 is 0 Å². The van der Waals surface area contributed by atoms with Crippen molar-refractivity contribution in [3.8, 4) is 5.88 Å². The van der Waals surface area contributed by atoms with Gasteiger partial charge in [0.1, 0.15) is 0 Å². The Morgan fingerprint density at radius 3 is 2.89 bits per heavy atom. The molecule has 0 aliphatic carbocycles. The summed E-state index contributed by atoms with van der Waals surface area (Å²) in [4.78, 5) is 3.78. The van der Waals surface area contributed by atoms with Crippen molar-refractivity contribution in [1.29, 1.82) is 0 Å². The first-order valence-electron chi connectivity index (χ1n) is 2.12. The highest BCUT2D eigenvalue weighted by Gasteiger charge is 2.00. The van der Waals surface area contributed by atoms with E-state index in [0.717, 1.165) is 0 Å². The van der Waals surface area contributed by atoms with Gasteiger partial charge in [0.15, 0.2) is 0 Å². The van der Waals surface area contributed by atoms with Crippen LogP contribution in [0.1, 0.15) is 0 Å². The number of aromatic nitrogens is 1. The Hall–Kier alpha value is 0.01000. The Morgan fingerprint density at radius 2 is 2.44 bits per heavy atom. The van der Waals surface area contributed by atoms with E-state index in [1.165, 1.54) is 11.3 Å². The molecule has 1 aromatic heterocycles. The van der Waals surface area contributed by atoms with Gasteiger partial charge in [-0.3, -0.25) is 0 Å². The molecule has 0 aliphatic rings. The van der Waals surface area contributed by atoms with Crippen LogP contribution in [0.25, 0.3) is 0 Å². The molecular weight excluding hydrogens is 181 g/mol. The van der Waals surface area contributed by atoms with Gasteiger partial charge >= 0.3 is 0 Å². The van der Waals surface area contributed by atoms with Crippen molar-refractivity contribution in [2.24, 2.45) is 0 Å². The number of nitrogens with zero attached hydrogens (tertiary/aromatic N) is 1. The highest BCUT2D eigenvalue weighted by atomic mass is 35.5. The molecule has 1 rings (SSSR count). The minimum absolute atomic E-state index is 0.468. The summed E-state index contributed by atoms with van der Waals surface area (Å²) in [5, 5.41) is 0.893. The molecule has 0 atom stereocenters. The van der Waals surface area contributed by atoms with Crippen molar-refractivity contribution in [2.75, 3.05) is 0 Å². The zero-order chi connectivity index (χ0) is 6.69. The molecule has 5 heteroatoms. The van der Waals surface area contributed by atoms with Gasteiger partial charge in [-0.05, 0) is 0 Å². The van der Waals surface area contributed by atoms with E-state index in [9.17, 15) is 0 Å². The summed E-state index contributed by atoms with van der Waals surface area (Å²) in [5.74, 6) is 0.468. The highest BCUT2D eigenvalue weighted by molar-refractivity contribution is 7.07. The predicted molar refractivity (Wildman–Crippen MR) is 38.2 cm³/mol. The predicted octanol–water partition coefficient (Wildman–Crippen LogP) is 2.28. The Bertz CT molecular complexity index is 165. The van der Waals surface area contributed by atoms with Gasteiger partial charge in [0.2, 0.25) is 10.9 Å². The number of alkyl halides is 2. The molecule has 0 spiro atoms. The second kappa shape index (κ2) is 3.25. The van der Waals surface area contributed by atoms with Crippen LogP contribution >= 0.6 is 34.5 Å². The lowest BCUT2D eigenvalue weighted by Gasteiger charge is -1.99. The van der Waals surface area contributed by atoms with Crippen molar-refractivity contribution in [3.63, 3.8) is 0 Å². The van der Waals surface area contributed by atoms with Gasteiger partial charge in [-0.2, -0.15) is 0 Å². The van der Waals surface area contributed by atoms with Crippen molar-refractivity contribution in [2.45, 2.75) is 5.02 Å². The highest BCUT2D eigenvalue weighted by Crippen LogP contribution is 2.14. The third-order valence-electron chi connectivity index (χ3n) is 0.619. The van der Waals surface area contributed by atoms with Gasteiger partial charge in [-0.25, -0.2) is 4.98 Å². The number of ether oxygens (including phenoxy) is 1. The fourth-order valence-electron chi connectivity index (χ4n) is 0.351. The molecule has 0 unspecified atom stereocenters. The third-order valence-corrected chi connectivity index (χ3v) is 1.36. The van der Waals surface area contributed by atoms with E-state index < -0.39 is 5.02 Å². The molecule has 1 heterocycles. The average molecular weight is 184 g/mol. The largest absolute Gasteiger partial charge is 0.443 e. The first-order chi connectivity index (χ1) is 4.29. The first kappa shape index (κ1) is 7.12. The monoisotopic (exact) mass is 183 g/mol. The number of rotatable bonds is 2. The van der Waals surface area contributed by atoms with Gasteiger partial charge < -0.3 is 4.74 Å². The molecule has 0 aromatic carbocycles. The second-order valence-corrected chi connectivity index (χ2v) is 2.94. The molecule has 0 fully saturated rings. The summed E-state index contributed by atoms with van der Waals surface area (Å²) >= 11 is 12.0. The minimum atomic E-state index is -0.827. The molecule has 0 amide bonds. The number of thiazole rings is 1. The first-order valence-corrected chi connectivity index (χ1v) is 3.93. The maximum Gasteiger partial charge on any atom is 0.249 e. The van der Waals surface area contributed by atoms with Crippen LogP contribution in [-0.2, 0) is 0 Å². The van der Waals surface area contributed by atoms with Crippen LogP contribution in [0.2, 0.25) is 0 Å². The van der Waals surface area contributed by atoms with Crippen LogP contribution in [0, 0.1) is 0 Å². The minimum Gasteiger partial charge on any atom is -0.443 e. The smallest absolute Gasteiger partial charge is 0.249 e. The van der Waals surface area contributed by atoms with Crippen LogP contribution in [0.15, 0.2) is 10.9 Å². The van der Waals surface area contributed by atoms with E-state index in [4.69, 9.17) is 27.9 Å². The third kappa shape index (κ3) is 2.39. The van der Waals surface area contributed by atoms with Crippen LogP contribution in [0.5, 0.6) is 5.88 Å². The van der Waals surface area contributed by atoms with E-state index in [-0.39, 0.29) is 0 Å². The second-order valence-electron chi connectivity index (χ2n) is 1.21. The standard InChI is InChI=1S/C4H3Cl2NOS/c5-4(6)8-3-1-9-2-7-3/h1-2,4H. The fraction of sp³-hybridized carbons (Fsp3) is 0.250. The van der Waals surface area contributed by atoms with Crippen LogP contribution in [0.4, 0.5) is 0 Å². The molecule has 0 aliphatic heterocycles. The summed E-state index contributed by atoms with van der Waals surface area (Å²) in [6.07, 6.45) is 0. The lowest BCUT2D eigenvalue weighted by molar-refractivity contribution is 0.342. The van der Waals surface area contributed by atoms with E-state index in [0.29, 0.717) is 5.88 Å². The Labute approximate surface area is 66.4 Å².